The van der Waals surface area contributed by atoms with Gasteiger partial charge >= 0.3 is 0 Å². The Bertz CT molecular complexity index is 989. The highest BCUT2D eigenvalue weighted by atomic mass is 32.2. The third-order valence-electron chi connectivity index (χ3n) is 4.51. The Morgan fingerprint density at radius 3 is 2.54 bits per heavy atom. The van der Waals surface area contributed by atoms with Crippen LogP contribution in [0.3, 0.4) is 0 Å². The predicted molar refractivity (Wildman–Crippen MR) is 114 cm³/mol. The first-order valence-electron chi connectivity index (χ1n) is 8.97. The van der Waals surface area contributed by atoms with Crippen LogP contribution in [-0.4, -0.2) is 54.6 Å². The van der Waals surface area contributed by atoms with E-state index < -0.39 is 10.0 Å². The van der Waals surface area contributed by atoms with Crippen LogP contribution < -0.4 is 0 Å². The number of amidine groups is 1. The lowest BCUT2D eigenvalue weighted by Crippen LogP contribution is -2.39. The number of nitrogens with zero attached hydrogens (tertiary/aromatic N) is 3. The maximum atomic E-state index is 13.3. The predicted octanol–water partition coefficient (Wildman–Crippen LogP) is 3.59. The van der Waals surface area contributed by atoms with E-state index in [1.54, 1.807) is 28.8 Å². The monoisotopic (exact) mass is 417 g/mol. The van der Waals surface area contributed by atoms with Gasteiger partial charge in [-0.05, 0) is 36.8 Å². The molecule has 8 heteroatoms. The van der Waals surface area contributed by atoms with Crippen molar-refractivity contribution in [3.8, 4) is 0 Å². The highest BCUT2D eigenvalue weighted by Gasteiger charge is 2.35. The second-order valence-corrected chi connectivity index (χ2v) is 9.73. The quantitative estimate of drug-likeness (QED) is 0.745. The number of hydrogen-bond acceptors (Lipinski definition) is 5. The minimum absolute atomic E-state index is 0.0223. The van der Waals surface area contributed by atoms with Gasteiger partial charge in [0.05, 0.1) is 10.6 Å². The van der Waals surface area contributed by atoms with Gasteiger partial charge in [-0.2, -0.15) is 0 Å². The van der Waals surface area contributed by atoms with E-state index in [2.05, 4.69) is 4.99 Å². The first-order chi connectivity index (χ1) is 13.3. The first-order valence-corrected chi connectivity index (χ1v) is 11.4. The van der Waals surface area contributed by atoms with Crippen LogP contribution in [0, 0.1) is 0 Å². The summed E-state index contributed by atoms with van der Waals surface area (Å²) in [6, 6.07) is 15.7. The molecule has 1 aliphatic heterocycles. The van der Waals surface area contributed by atoms with E-state index in [0.717, 1.165) is 22.2 Å². The molecule has 1 fully saturated rings. The van der Waals surface area contributed by atoms with Gasteiger partial charge < -0.3 is 0 Å². The van der Waals surface area contributed by atoms with Crippen molar-refractivity contribution < 1.29 is 13.2 Å². The van der Waals surface area contributed by atoms with Crippen LogP contribution >= 0.6 is 11.8 Å². The maximum Gasteiger partial charge on any atom is 0.260 e. The lowest BCUT2D eigenvalue weighted by molar-refractivity contribution is 0.0819. The topological polar surface area (TPSA) is 70.0 Å². The number of amides is 1. The Kier molecular flexibility index (Phi) is 6.22. The number of para-hydroxylation sites is 1. The summed E-state index contributed by atoms with van der Waals surface area (Å²) in [7, 11) is -0.669. The Labute approximate surface area is 170 Å². The number of carbonyl (C=O) groups is 1. The van der Waals surface area contributed by atoms with E-state index in [1.807, 2.05) is 37.3 Å². The molecule has 0 spiro atoms. The molecule has 2 aromatic rings. The van der Waals surface area contributed by atoms with Crippen LogP contribution in [0.1, 0.15) is 23.7 Å². The number of sulfonamides is 1. The first kappa shape index (κ1) is 20.6. The molecule has 0 saturated carbocycles. The molecule has 0 unspecified atom stereocenters. The molecule has 0 aliphatic carbocycles. The SMILES string of the molecule is CC[C@H]1CSC(=Nc2ccccc2)N1C(=O)c1cccc(S(=O)(=O)N(C)C)c1. The number of rotatable bonds is 5. The second kappa shape index (κ2) is 8.46. The molecule has 6 nitrogen and oxygen atoms in total. The molecule has 2 aromatic carbocycles. The van der Waals surface area contributed by atoms with E-state index in [-0.39, 0.29) is 16.8 Å². The van der Waals surface area contributed by atoms with Crippen LogP contribution in [0.15, 0.2) is 64.5 Å². The molecular weight excluding hydrogens is 394 g/mol. The molecule has 1 amide bonds. The Morgan fingerprint density at radius 1 is 1.18 bits per heavy atom. The summed E-state index contributed by atoms with van der Waals surface area (Å²) in [6.07, 6.45) is 0.794. The van der Waals surface area contributed by atoms with Gasteiger partial charge in [0.15, 0.2) is 5.17 Å². The molecule has 3 rings (SSSR count). The van der Waals surface area contributed by atoms with Crippen LogP contribution in [-0.2, 0) is 10.0 Å². The summed E-state index contributed by atoms with van der Waals surface area (Å²) in [5, 5.41) is 0.643. The van der Waals surface area contributed by atoms with Crippen molar-refractivity contribution in [1.29, 1.82) is 0 Å². The van der Waals surface area contributed by atoms with Crippen LogP contribution in [0.5, 0.6) is 0 Å². The minimum atomic E-state index is -3.61. The van der Waals surface area contributed by atoms with Crippen molar-refractivity contribution in [3.05, 3.63) is 60.2 Å². The smallest absolute Gasteiger partial charge is 0.260 e. The van der Waals surface area contributed by atoms with Crippen molar-refractivity contribution >= 4 is 38.5 Å². The Hall–Kier alpha value is -2.16. The average molecular weight is 418 g/mol. The van der Waals surface area contributed by atoms with Crippen LogP contribution in [0.2, 0.25) is 0 Å². The minimum Gasteiger partial charge on any atom is -0.283 e. The number of carbonyl (C=O) groups excluding carboxylic acids is 1. The lowest BCUT2D eigenvalue weighted by Gasteiger charge is -2.23. The summed E-state index contributed by atoms with van der Waals surface area (Å²) < 4.78 is 26.0. The highest BCUT2D eigenvalue weighted by Crippen LogP contribution is 2.30. The summed E-state index contributed by atoms with van der Waals surface area (Å²) in [5.74, 6) is 0.534. The Morgan fingerprint density at radius 2 is 1.89 bits per heavy atom. The molecular formula is C20H23N3O3S2. The van der Waals surface area contributed by atoms with Gasteiger partial charge in [0.25, 0.3) is 5.91 Å². The molecule has 1 aliphatic rings. The van der Waals surface area contributed by atoms with Crippen molar-refractivity contribution in [2.75, 3.05) is 19.8 Å². The Balaban J connectivity index is 1.98. The average Bonchev–Trinajstić information content (AvgIpc) is 3.10. The lowest BCUT2D eigenvalue weighted by atomic mass is 10.1. The van der Waals surface area contributed by atoms with Crippen LogP contribution in [0.25, 0.3) is 0 Å². The number of benzene rings is 2. The third kappa shape index (κ3) is 4.14. The summed E-state index contributed by atoms with van der Waals surface area (Å²) in [5.41, 5.74) is 1.12. The van der Waals surface area contributed by atoms with Crippen molar-refractivity contribution in [1.82, 2.24) is 9.21 Å². The second-order valence-electron chi connectivity index (χ2n) is 6.59. The molecule has 0 radical (unpaired) electrons. The number of hydrogen-bond donors (Lipinski definition) is 0. The van der Waals surface area contributed by atoms with E-state index in [4.69, 9.17) is 0 Å². The van der Waals surface area contributed by atoms with Gasteiger partial charge in [-0.15, -0.1) is 0 Å². The van der Waals surface area contributed by atoms with Gasteiger partial charge in [0.2, 0.25) is 10.0 Å². The summed E-state index contributed by atoms with van der Waals surface area (Å²) in [4.78, 5) is 19.7. The molecule has 28 heavy (non-hydrogen) atoms. The van der Waals surface area contributed by atoms with E-state index in [0.29, 0.717) is 10.7 Å². The zero-order chi connectivity index (χ0) is 20.3. The summed E-state index contributed by atoms with van der Waals surface area (Å²) in [6.45, 7) is 2.03. The molecule has 1 saturated heterocycles. The van der Waals surface area contributed by atoms with Crippen molar-refractivity contribution in [2.24, 2.45) is 4.99 Å². The van der Waals surface area contributed by atoms with Crippen LogP contribution in [0.4, 0.5) is 5.69 Å². The summed E-state index contributed by atoms with van der Waals surface area (Å²) >= 11 is 1.54. The van der Waals surface area contributed by atoms with Gasteiger partial charge in [-0.1, -0.05) is 43.0 Å². The van der Waals surface area contributed by atoms with Gasteiger partial charge in [-0.25, -0.2) is 17.7 Å². The molecule has 1 heterocycles. The zero-order valence-corrected chi connectivity index (χ0v) is 17.7. The maximum absolute atomic E-state index is 13.3. The molecule has 1 atom stereocenters. The fraction of sp³-hybridized carbons (Fsp3) is 0.300. The van der Waals surface area contributed by atoms with Crippen molar-refractivity contribution in [2.45, 2.75) is 24.3 Å². The van der Waals surface area contributed by atoms with Gasteiger partial charge in [0, 0.05) is 31.5 Å². The van der Waals surface area contributed by atoms with Crippen molar-refractivity contribution in [3.63, 3.8) is 0 Å². The number of aliphatic imine (C=N–C) groups is 1. The highest BCUT2D eigenvalue weighted by molar-refractivity contribution is 8.14. The fourth-order valence-electron chi connectivity index (χ4n) is 2.86. The molecule has 148 valence electrons. The fourth-order valence-corrected chi connectivity index (χ4v) is 5.08. The van der Waals surface area contributed by atoms with Gasteiger partial charge in [0.1, 0.15) is 0 Å². The zero-order valence-electron chi connectivity index (χ0n) is 16.1. The molecule has 0 aromatic heterocycles. The third-order valence-corrected chi connectivity index (χ3v) is 7.42. The van der Waals surface area contributed by atoms with E-state index >= 15 is 0 Å². The van der Waals surface area contributed by atoms with E-state index in [1.165, 1.54) is 26.2 Å². The number of thioether (sulfide) groups is 1. The standard InChI is InChI=1S/C20H23N3O3S2/c1-4-17-14-27-20(21-16-10-6-5-7-11-16)23(17)19(24)15-9-8-12-18(13-15)28(25,26)22(2)3/h5-13,17H,4,14H2,1-3H3/t17-/m0/s1. The molecule has 0 N–H and O–H groups in total. The largest absolute Gasteiger partial charge is 0.283 e. The van der Waals surface area contributed by atoms with E-state index in [9.17, 15) is 13.2 Å². The van der Waals surface area contributed by atoms with Gasteiger partial charge in [-0.3, -0.25) is 9.69 Å². The normalized spacial score (nSPS) is 18.8. The molecule has 0 bridgehead atoms.